The predicted octanol–water partition coefficient (Wildman–Crippen LogP) is 0.853. The lowest BCUT2D eigenvalue weighted by Crippen LogP contribution is -2.45. The molecule has 0 radical (unpaired) electrons. The number of amides is 1. The van der Waals surface area contributed by atoms with Gasteiger partial charge in [0.05, 0.1) is 13.7 Å². The van der Waals surface area contributed by atoms with Crippen LogP contribution in [0.25, 0.3) is 0 Å². The topological polar surface area (TPSA) is 53.6 Å². The van der Waals surface area contributed by atoms with Crippen LogP contribution in [-0.4, -0.2) is 50.6 Å². The third-order valence-electron chi connectivity index (χ3n) is 4.82. The monoisotopic (exact) mass is 303 g/mol. The molecule has 0 aromatic heterocycles. The predicted molar refractivity (Wildman–Crippen MR) is 85.7 cm³/mol. The van der Waals surface area contributed by atoms with Gasteiger partial charge in [-0.3, -0.25) is 9.69 Å². The van der Waals surface area contributed by atoms with E-state index in [1.54, 1.807) is 7.11 Å². The van der Waals surface area contributed by atoms with E-state index in [-0.39, 0.29) is 5.91 Å². The summed E-state index contributed by atoms with van der Waals surface area (Å²) in [6, 6.07) is 7.79. The number of nitrogens with zero attached hydrogens (tertiary/aromatic N) is 1. The van der Waals surface area contributed by atoms with Crippen LogP contribution in [0.2, 0.25) is 0 Å². The van der Waals surface area contributed by atoms with Crippen LogP contribution >= 0.6 is 0 Å². The number of benzene rings is 1. The molecule has 2 aliphatic rings. The molecule has 1 amide bonds. The van der Waals surface area contributed by atoms with Crippen LogP contribution in [0.15, 0.2) is 24.3 Å². The van der Waals surface area contributed by atoms with E-state index in [0.717, 1.165) is 49.3 Å². The average Bonchev–Trinajstić information content (AvgIpc) is 3.01. The van der Waals surface area contributed by atoms with E-state index in [0.29, 0.717) is 13.1 Å². The lowest BCUT2D eigenvalue weighted by Gasteiger charge is -2.33. The molecule has 2 saturated heterocycles. The van der Waals surface area contributed by atoms with Crippen molar-refractivity contribution in [2.24, 2.45) is 11.8 Å². The summed E-state index contributed by atoms with van der Waals surface area (Å²) in [5.74, 6) is 2.44. The highest BCUT2D eigenvalue weighted by Gasteiger charge is 2.33. The molecule has 0 spiro atoms. The third-order valence-corrected chi connectivity index (χ3v) is 4.82. The molecular formula is C17H25N3O2. The summed E-state index contributed by atoms with van der Waals surface area (Å²) in [5, 5.41) is 6.46. The molecule has 2 unspecified atom stereocenters. The third kappa shape index (κ3) is 3.59. The summed E-state index contributed by atoms with van der Waals surface area (Å²) < 4.78 is 5.31. The second kappa shape index (κ2) is 7.11. The van der Waals surface area contributed by atoms with Crippen LogP contribution in [0.4, 0.5) is 0 Å². The molecule has 5 heteroatoms. The standard InChI is InChI=1S/C17H25N3O2/c1-22-16-5-3-2-4-14(16)10-19-17(21)12-20-7-6-13-8-18-9-15(13)11-20/h2-5,13,15,18H,6-12H2,1H3,(H,19,21). The molecule has 2 fully saturated rings. The number of hydrogen-bond acceptors (Lipinski definition) is 4. The van der Waals surface area contributed by atoms with Gasteiger partial charge in [0.15, 0.2) is 0 Å². The molecule has 5 nitrogen and oxygen atoms in total. The number of methoxy groups -OCH3 is 1. The quantitative estimate of drug-likeness (QED) is 0.847. The van der Waals surface area contributed by atoms with Crippen LogP contribution in [0.5, 0.6) is 5.75 Å². The summed E-state index contributed by atoms with van der Waals surface area (Å²) in [7, 11) is 1.65. The van der Waals surface area contributed by atoms with Crippen LogP contribution in [0, 0.1) is 11.8 Å². The van der Waals surface area contributed by atoms with E-state index < -0.39 is 0 Å². The first-order valence-corrected chi connectivity index (χ1v) is 8.08. The van der Waals surface area contributed by atoms with Gasteiger partial charge < -0.3 is 15.4 Å². The number of ether oxygens (including phenoxy) is 1. The molecule has 120 valence electrons. The minimum atomic E-state index is 0.0929. The van der Waals surface area contributed by atoms with Crippen LogP contribution in [-0.2, 0) is 11.3 Å². The maximum atomic E-state index is 12.2. The van der Waals surface area contributed by atoms with Gasteiger partial charge in [-0.05, 0) is 44.0 Å². The minimum Gasteiger partial charge on any atom is -0.496 e. The SMILES string of the molecule is COc1ccccc1CNC(=O)CN1CCC2CNCC2C1. The van der Waals surface area contributed by atoms with E-state index in [9.17, 15) is 4.79 Å². The van der Waals surface area contributed by atoms with Gasteiger partial charge in [-0.15, -0.1) is 0 Å². The van der Waals surface area contributed by atoms with Crippen molar-refractivity contribution in [1.29, 1.82) is 0 Å². The molecular weight excluding hydrogens is 278 g/mol. The zero-order valence-corrected chi connectivity index (χ0v) is 13.2. The molecule has 1 aromatic carbocycles. The van der Waals surface area contributed by atoms with Crippen molar-refractivity contribution >= 4 is 5.91 Å². The van der Waals surface area contributed by atoms with Crippen molar-refractivity contribution in [2.75, 3.05) is 39.8 Å². The summed E-state index contributed by atoms with van der Waals surface area (Å²) in [5.41, 5.74) is 1.01. The Morgan fingerprint density at radius 3 is 3.05 bits per heavy atom. The molecule has 1 aromatic rings. The first kappa shape index (κ1) is 15.3. The Balaban J connectivity index is 1.46. The number of carbonyl (C=O) groups excluding carboxylic acids is 1. The van der Waals surface area contributed by atoms with Gasteiger partial charge in [-0.2, -0.15) is 0 Å². The number of nitrogens with one attached hydrogen (secondary N) is 2. The Hall–Kier alpha value is -1.59. The van der Waals surface area contributed by atoms with Gasteiger partial charge in [0.25, 0.3) is 0 Å². The lowest BCUT2D eigenvalue weighted by atomic mass is 9.89. The summed E-state index contributed by atoms with van der Waals surface area (Å²) in [6.07, 6.45) is 1.21. The van der Waals surface area contributed by atoms with Crippen LogP contribution < -0.4 is 15.4 Å². The average molecular weight is 303 g/mol. The van der Waals surface area contributed by atoms with Crippen LogP contribution in [0.1, 0.15) is 12.0 Å². The normalized spacial score (nSPS) is 24.8. The Morgan fingerprint density at radius 2 is 2.18 bits per heavy atom. The van der Waals surface area contributed by atoms with E-state index in [1.165, 1.54) is 6.42 Å². The number of likely N-dealkylation sites (tertiary alicyclic amines) is 1. The van der Waals surface area contributed by atoms with Gasteiger partial charge in [-0.1, -0.05) is 18.2 Å². The van der Waals surface area contributed by atoms with Crippen molar-refractivity contribution in [1.82, 2.24) is 15.5 Å². The highest BCUT2D eigenvalue weighted by atomic mass is 16.5. The van der Waals surface area contributed by atoms with Crippen molar-refractivity contribution in [3.8, 4) is 5.75 Å². The Labute approximate surface area is 132 Å². The molecule has 2 aliphatic heterocycles. The van der Waals surface area contributed by atoms with Crippen molar-refractivity contribution in [2.45, 2.75) is 13.0 Å². The van der Waals surface area contributed by atoms with Gasteiger partial charge in [0.2, 0.25) is 5.91 Å². The smallest absolute Gasteiger partial charge is 0.234 e. The highest BCUT2D eigenvalue weighted by molar-refractivity contribution is 5.78. The summed E-state index contributed by atoms with van der Waals surface area (Å²) in [4.78, 5) is 14.5. The molecule has 2 atom stereocenters. The van der Waals surface area contributed by atoms with Crippen molar-refractivity contribution < 1.29 is 9.53 Å². The molecule has 22 heavy (non-hydrogen) atoms. The molecule has 0 bridgehead atoms. The summed E-state index contributed by atoms with van der Waals surface area (Å²) >= 11 is 0. The first-order valence-electron chi connectivity index (χ1n) is 8.08. The van der Waals surface area contributed by atoms with Crippen molar-refractivity contribution in [3.63, 3.8) is 0 Å². The molecule has 0 saturated carbocycles. The van der Waals surface area contributed by atoms with Crippen molar-refractivity contribution in [3.05, 3.63) is 29.8 Å². The van der Waals surface area contributed by atoms with E-state index in [2.05, 4.69) is 15.5 Å². The second-order valence-corrected chi connectivity index (χ2v) is 6.29. The van der Waals surface area contributed by atoms with E-state index >= 15 is 0 Å². The maximum Gasteiger partial charge on any atom is 0.234 e. The largest absolute Gasteiger partial charge is 0.496 e. The fourth-order valence-electron chi connectivity index (χ4n) is 3.56. The zero-order chi connectivity index (χ0) is 15.4. The fourth-order valence-corrected chi connectivity index (χ4v) is 3.56. The second-order valence-electron chi connectivity index (χ2n) is 6.29. The number of carbonyl (C=O) groups is 1. The van der Waals surface area contributed by atoms with Gasteiger partial charge in [0, 0.05) is 18.7 Å². The number of fused-ring (bicyclic) bond motifs is 1. The molecule has 2 N–H and O–H groups in total. The van der Waals surface area contributed by atoms with Gasteiger partial charge in [0.1, 0.15) is 5.75 Å². The van der Waals surface area contributed by atoms with Gasteiger partial charge in [-0.25, -0.2) is 0 Å². The van der Waals surface area contributed by atoms with Gasteiger partial charge >= 0.3 is 0 Å². The zero-order valence-electron chi connectivity index (χ0n) is 13.2. The van der Waals surface area contributed by atoms with Crippen LogP contribution in [0.3, 0.4) is 0 Å². The summed E-state index contributed by atoms with van der Waals surface area (Å²) in [6.45, 7) is 5.34. The first-order chi connectivity index (χ1) is 10.8. The number of hydrogen-bond donors (Lipinski definition) is 2. The number of piperidine rings is 1. The number of rotatable bonds is 5. The molecule has 0 aliphatic carbocycles. The number of para-hydroxylation sites is 1. The maximum absolute atomic E-state index is 12.2. The molecule has 2 heterocycles. The van der Waals surface area contributed by atoms with E-state index in [1.807, 2.05) is 24.3 Å². The minimum absolute atomic E-state index is 0.0929. The Kier molecular flexibility index (Phi) is 4.95. The van der Waals surface area contributed by atoms with E-state index in [4.69, 9.17) is 4.74 Å². The highest BCUT2D eigenvalue weighted by Crippen LogP contribution is 2.26. The Morgan fingerprint density at radius 1 is 1.36 bits per heavy atom. The molecule has 3 rings (SSSR count). The lowest BCUT2D eigenvalue weighted by molar-refractivity contribution is -0.122. The Bertz CT molecular complexity index is 520. The fraction of sp³-hybridized carbons (Fsp3) is 0.588.